The van der Waals surface area contributed by atoms with Crippen LogP contribution in [0.3, 0.4) is 0 Å². The van der Waals surface area contributed by atoms with Crippen molar-refractivity contribution in [3.63, 3.8) is 0 Å². The summed E-state index contributed by atoms with van der Waals surface area (Å²) < 4.78 is 7.93. The molecule has 1 aliphatic heterocycles. The van der Waals surface area contributed by atoms with Gasteiger partial charge in [-0.2, -0.15) is 0 Å². The Morgan fingerprint density at radius 2 is 2.00 bits per heavy atom. The van der Waals surface area contributed by atoms with Crippen molar-refractivity contribution < 1.29 is 9.53 Å². The third kappa shape index (κ3) is 3.63. The SMILES string of the molecule is COc1cccc2c(C(=O)C(C)N3CCNCC3)cn(CC3CCCC3)c12. The van der Waals surface area contributed by atoms with Crippen LogP contribution in [0.5, 0.6) is 5.75 Å². The van der Waals surface area contributed by atoms with E-state index in [9.17, 15) is 4.79 Å². The minimum absolute atomic E-state index is 0.0937. The number of fused-ring (bicyclic) bond motifs is 1. The van der Waals surface area contributed by atoms with Gasteiger partial charge in [-0.3, -0.25) is 9.69 Å². The molecule has 5 heteroatoms. The number of hydrogen-bond donors (Lipinski definition) is 1. The number of carbonyl (C=O) groups is 1. The number of Topliss-reactive ketones (excluding diaryl/α,β-unsaturated/α-hetero) is 1. The van der Waals surface area contributed by atoms with Crippen LogP contribution in [-0.4, -0.2) is 54.6 Å². The first kappa shape index (κ1) is 18.5. The number of rotatable bonds is 6. The lowest BCUT2D eigenvalue weighted by Crippen LogP contribution is -2.50. The minimum Gasteiger partial charge on any atom is -0.495 e. The largest absolute Gasteiger partial charge is 0.495 e. The number of hydrogen-bond acceptors (Lipinski definition) is 4. The van der Waals surface area contributed by atoms with Gasteiger partial charge in [0, 0.05) is 49.9 Å². The Bertz CT molecular complexity index is 801. The standard InChI is InChI=1S/C22H31N3O2/c1-16(24-12-10-23-11-13-24)22(26)19-15-25(14-17-6-3-4-7-17)21-18(19)8-5-9-20(21)27-2/h5,8-9,15-17,23H,3-4,6-7,10-14H2,1-2H3. The highest BCUT2D eigenvalue weighted by atomic mass is 16.5. The second-order valence-electron chi connectivity index (χ2n) is 8.03. The molecule has 0 amide bonds. The van der Waals surface area contributed by atoms with E-state index in [1.54, 1.807) is 7.11 Å². The van der Waals surface area contributed by atoms with Gasteiger partial charge in [-0.25, -0.2) is 0 Å². The van der Waals surface area contributed by atoms with Crippen molar-refractivity contribution in [2.75, 3.05) is 33.3 Å². The van der Waals surface area contributed by atoms with Gasteiger partial charge in [0.2, 0.25) is 0 Å². The van der Waals surface area contributed by atoms with E-state index in [2.05, 4.69) is 27.0 Å². The zero-order valence-electron chi connectivity index (χ0n) is 16.5. The first-order valence-corrected chi connectivity index (χ1v) is 10.3. The van der Waals surface area contributed by atoms with E-state index in [1.165, 1.54) is 25.7 Å². The van der Waals surface area contributed by atoms with Crippen LogP contribution in [0.4, 0.5) is 0 Å². The molecule has 2 aromatic rings. The van der Waals surface area contributed by atoms with E-state index in [0.717, 1.165) is 54.9 Å². The fourth-order valence-corrected chi connectivity index (χ4v) is 4.76. The maximum atomic E-state index is 13.4. The molecule has 0 spiro atoms. The number of ketones is 1. The highest BCUT2D eigenvalue weighted by molar-refractivity contribution is 6.11. The van der Waals surface area contributed by atoms with Gasteiger partial charge in [-0.15, -0.1) is 0 Å². The van der Waals surface area contributed by atoms with Gasteiger partial charge in [0.05, 0.1) is 18.7 Å². The molecule has 1 aromatic carbocycles. The number of methoxy groups -OCH3 is 1. The van der Waals surface area contributed by atoms with E-state index in [1.807, 2.05) is 19.1 Å². The molecule has 1 N–H and O–H groups in total. The lowest BCUT2D eigenvalue weighted by atomic mass is 10.0. The summed E-state index contributed by atoms with van der Waals surface area (Å²) in [5.41, 5.74) is 1.91. The van der Waals surface area contributed by atoms with Crippen molar-refractivity contribution in [1.82, 2.24) is 14.8 Å². The molecule has 27 heavy (non-hydrogen) atoms. The maximum absolute atomic E-state index is 13.4. The van der Waals surface area contributed by atoms with E-state index in [0.29, 0.717) is 5.92 Å². The van der Waals surface area contributed by atoms with Crippen molar-refractivity contribution in [3.05, 3.63) is 30.0 Å². The van der Waals surface area contributed by atoms with Crippen LogP contribution >= 0.6 is 0 Å². The lowest BCUT2D eigenvalue weighted by molar-refractivity contribution is 0.0821. The van der Waals surface area contributed by atoms with E-state index >= 15 is 0 Å². The molecule has 1 saturated carbocycles. The van der Waals surface area contributed by atoms with E-state index in [-0.39, 0.29) is 11.8 Å². The summed E-state index contributed by atoms with van der Waals surface area (Å²) in [5, 5.41) is 4.39. The lowest BCUT2D eigenvalue weighted by Gasteiger charge is -2.31. The minimum atomic E-state index is -0.0937. The quantitative estimate of drug-likeness (QED) is 0.794. The summed E-state index contributed by atoms with van der Waals surface area (Å²) in [6, 6.07) is 5.97. The molecular weight excluding hydrogens is 338 g/mol. The molecule has 2 aliphatic rings. The van der Waals surface area contributed by atoms with Crippen molar-refractivity contribution in [2.45, 2.75) is 45.2 Å². The Labute approximate surface area is 161 Å². The third-order valence-electron chi connectivity index (χ3n) is 6.36. The number of carbonyl (C=O) groups excluding carboxylic acids is 1. The first-order valence-electron chi connectivity index (χ1n) is 10.3. The molecule has 2 fully saturated rings. The Kier molecular flexibility index (Phi) is 5.50. The van der Waals surface area contributed by atoms with E-state index in [4.69, 9.17) is 4.74 Å². The summed E-state index contributed by atoms with van der Waals surface area (Å²) in [6.07, 6.45) is 7.32. The number of nitrogens with one attached hydrogen (secondary N) is 1. The average molecular weight is 370 g/mol. The molecule has 146 valence electrons. The van der Waals surface area contributed by atoms with Gasteiger partial charge in [0.25, 0.3) is 0 Å². The molecule has 1 aliphatic carbocycles. The van der Waals surface area contributed by atoms with Crippen molar-refractivity contribution in [1.29, 1.82) is 0 Å². The van der Waals surface area contributed by atoms with Gasteiger partial charge < -0.3 is 14.6 Å². The summed E-state index contributed by atoms with van der Waals surface area (Å²) >= 11 is 0. The smallest absolute Gasteiger partial charge is 0.181 e. The Morgan fingerprint density at radius 1 is 1.26 bits per heavy atom. The molecule has 1 atom stereocenters. The molecule has 0 radical (unpaired) electrons. The Hall–Kier alpha value is -1.85. The van der Waals surface area contributed by atoms with Crippen molar-refractivity contribution in [3.8, 4) is 5.75 Å². The van der Waals surface area contributed by atoms with Crippen LogP contribution in [-0.2, 0) is 6.54 Å². The summed E-state index contributed by atoms with van der Waals surface area (Å²) in [6.45, 7) is 6.79. The molecule has 4 rings (SSSR count). The second kappa shape index (κ2) is 8.03. The van der Waals surface area contributed by atoms with Crippen LogP contribution in [0, 0.1) is 5.92 Å². The number of aromatic nitrogens is 1. The monoisotopic (exact) mass is 369 g/mol. The van der Waals surface area contributed by atoms with Gasteiger partial charge in [-0.1, -0.05) is 25.0 Å². The number of benzene rings is 1. The maximum Gasteiger partial charge on any atom is 0.181 e. The molecule has 0 bridgehead atoms. The van der Waals surface area contributed by atoms with E-state index < -0.39 is 0 Å². The van der Waals surface area contributed by atoms with Crippen LogP contribution in [0.25, 0.3) is 10.9 Å². The van der Waals surface area contributed by atoms with Gasteiger partial charge in [-0.05, 0) is 31.7 Å². The van der Waals surface area contributed by atoms with Crippen molar-refractivity contribution >= 4 is 16.7 Å². The number of ether oxygens (including phenoxy) is 1. The van der Waals surface area contributed by atoms with Crippen LogP contribution < -0.4 is 10.1 Å². The fraction of sp³-hybridized carbons (Fsp3) is 0.591. The highest BCUT2D eigenvalue weighted by Gasteiger charge is 2.28. The van der Waals surface area contributed by atoms with Gasteiger partial charge in [0.15, 0.2) is 5.78 Å². The average Bonchev–Trinajstić information content (AvgIpc) is 3.36. The molecule has 1 saturated heterocycles. The summed E-state index contributed by atoms with van der Waals surface area (Å²) in [5.74, 6) is 1.79. The highest BCUT2D eigenvalue weighted by Crippen LogP contribution is 2.34. The van der Waals surface area contributed by atoms with Crippen LogP contribution in [0.1, 0.15) is 43.0 Å². The number of para-hydroxylation sites is 1. The molecule has 5 nitrogen and oxygen atoms in total. The van der Waals surface area contributed by atoms with Crippen LogP contribution in [0.2, 0.25) is 0 Å². The summed E-state index contributed by atoms with van der Waals surface area (Å²) in [4.78, 5) is 15.7. The number of piperazine rings is 1. The summed E-state index contributed by atoms with van der Waals surface area (Å²) in [7, 11) is 1.71. The second-order valence-corrected chi connectivity index (χ2v) is 8.03. The molecule has 2 heterocycles. The molecular formula is C22H31N3O2. The predicted octanol–water partition coefficient (Wildman–Crippen LogP) is 3.32. The molecule has 1 unspecified atom stereocenters. The van der Waals surface area contributed by atoms with Gasteiger partial charge >= 0.3 is 0 Å². The zero-order valence-corrected chi connectivity index (χ0v) is 16.5. The normalized spacial score (nSPS) is 20.2. The third-order valence-corrected chi connectivity index (χ3v) is 6.36. The Balaban J connectivity index is 1.70. The first-order chi connectivity index (χ1) is 13.2. The van der Waals surface area contributed by atoms with Crippen LogP contribution in [0.15, 0.2) is 24.4 Å². The van der Waals surface area contributed by atoms with Gasteiger partial charge in [0.1, 0.15) is 5.75 Å². The predicted molar refractivity (Wildman–Crippen MR) is 109 cm³/mol. The Morgan fingerprint density at radius 3 is 2.70 bits per heavy atom. The topological polar surface area (TPSA) is 46.5 Å². The number of nitrogens with zero attached hydrogens (tertiary/aromatic N) is 2. The zero-order chi connectivity index (χ0) is 18.8. The van der Waals surface area contributed by atoms with Crippen molar-refractivity contribution in [2.24, 2.45) is 5.92 Å². The molecule has 1 aromatic heterocycles. The fourth-order valence-electron chi connectivity index (χ4n) is 4.76.